The summed E-state index contributed by atoms with van der Waals surface area (Å²) >= 11 is 0. The van der Waals surface area contributed by atoms with E-state index in [9.17, 15) is 9.59 Å². The lowest BCUT2D eigenvalue weighted by Gasteiger charge is -2.28. The van der Waals surface area contributed by atoms with Crippen molar-refractivity contribution in [3.05, 3.63) is 36.4 Å². The minimum atomic E-state index is -0.639. The van der Waals surface area contributed by atoms with Crippen molar-refractivity contribution in [3.63, 3.8) is 0 Å². The molecule has 3 amide bonds. The van der Waals surface area contributed by atoms with Gasteiger partial charge in [-0.25, -0.2) is 4.79 Å². The number of hydrogen-bond donors (Lipinski definition) is 2. The van der Waals surface area contributed by atoms with Crippen LogP contribution in [0.3, 0.4) is 0 Å². The van der Waals surface area contributed by atoms with E-state index in [0.29, 0.717) is 53.4 Å². The van der Waals surface area contributed by atoms with Crippen LogP contribution in [0, 0.1) is 11.3 Å². The summed E-state index contributed by atoms with van der Waals surface area (Å²) in [6.45, 7) is 9.10. The number of hydrogen-bond acceptors (Lipinski definition) is 5. The summed E-state index contributed by atoms with van der Waals surface area (Å²) in [7, 11) is 0. The summed E-state index contributed by atoms with van der Waals surface area (Å²) in [5.41, 5.74) is 1.18. The number of ether oxygens (including phenoxy) is 3. The van der Waals surface area contributed by atoms with Crippen LogP contribution < -0.4 is 29.7 Å². The smallest absolute Gasteiger partial charge is 0.323 e. The fourth-order valence-corrected chi connectivity index (χ4v) is 3.60. The first-order valence-electron chi connectivity index (χ1n) is 10.8. The second-order valence-electron chi connectivity index (χ2n) is 9.14. The first-order valence-corrected chi connectivity index (χ1v) is 10.8. The van der Waals surface area contributed by atoms with Gasteiger partial charge in [-0.15, -0.1) is 0 Å². The maximum Gasteiger partial charge on any atom is 0.323 e. The molecule has 0 bridgehead atoms. The Bertz CT molecular complexity index is 1030. The predicted octanol–water partition coefficient (Wildman–Crippen LogP) is 4.86. The quantitative estimate of drug-likeness (QED) is 0.695. The van der Waals surface area contributed by atoms with Crippen molar-refractivity contribution in [1.82, 2.24) is 0 Å². The molecule has 0 atom stereocenters. The van der Waals surface area contributed by atoms with E-state index in [1.165, 1.54) is 0 Å². The van der Waals surface area contributed by atoms with Gasteiger partial charge < -0.3 is 29.7 Å². The van der Waals surface area contributed by atoms with Crippen molar-refractivity contribution in [2.45, 2.75) is 34.1 Å². The van der Waals surface area contributed by atoms with Crippen molar-refractivity contribution in [3.8, 4) is 17.2 Å². The van der Waals surface area contributed by atoms with Crippen LogP contribution in [0.2, 0.25) is 0 Å². The highest BCUT2D eigenvalue weighted by Crippen LogP contribution is 2.39. The number of carbonyl (C=O) groups excluding carboxylic acids is 2. The average Bonchev–Trinajstić information content (AvgIpc) is 3.17. The third-order valence-electron chi connectivity index (χ3n) is 5.48. The summed E-state index contributed by atoms with van der Waals surface area (Å²) in [5, 5.41) is 5.62. The van der Waals surface area contributed by atoms with Gasteiger partial charge in [0.25, 0.3) is 0 Å². The maximum atomic E-state index is 13.2. The minimum Gasteiger partial charge on any atom is -0.490 e. The van der Waals surface area contributed by atoms with Gasteiger partial charge in [0, 0.05) is 24.0 Å². The molecule has 2 N–H and O–H groups in total. The number of amides is 3. The van der Waals surface area contributed by atoms with E-state index in [1.807, 2.05) is 13.8 Å². The molecule has 4 rings (SSSR count). The third kappa shape index (κ3) is 4.59. The van der Waals surface area contributed by atoms with E-state index >= 15 is 0 Å². The van der Waals surface area contributed by atoms with Gasteiger partial charge >= 0.3 is 6.03 Å². The molecule has 0 spiro atoms. The van der Waals surface area contributed by atoms with Gasteiger partial charge in [0.15, 0.2) is 11.5 Å². The van der Waals surface area contributed by atoms with Crippen molar-refractivity contribution in [2.75, 3.05) is 35.5 Å². The molecule has 2 aromatic carbocycles. The topological polar surface area (TPSA) is 89.1 Å². The van der Waals surface area contributed by atoms with Gasteiger partial charge in [0.05, 0.1) is 11.1 Å². The molecule has 0 radical (unpaired) electrons. The molecule has 170 valence electrons. The number of fused-ring (bicyclic) bond motifs is 2. The van der Waals surface area contributed by atoms with Gasteiger partial charge in [-0.2, -0.15) is 0 Å². The Hall–Kier alpha value is -3.42. The van der Waals surface area contributed by atoms with Crippen LogP contribution in [-0.4, -0.2) is 31.9 Å². The Labute approximate surface area is 187 Å². The number of nitrogens with zero attached hydrogens (tertiary/aromatic N) is 1. The van der Waals surface area contributed by atoms with Crippen LogP contribution in [0.4, 0.5) is 21.9 Å². The lowest BCUT2D eigenvalue weighted by Crippen LogP contribution is -2.42. The molecule has 0 fully saturated rings. The van der Waals surface area contributed by atoms with Crippen LogP contribution >= 0.6 is 0 Å². The number of benzene rings is 2. The van der Waals surface area contributed by atoms with Crippen LogP contribution in [0.5, 0.6) is 17.2 Å². The van der Waals surface area contributed by atoms with Gasteiger partial charge in [-0.1, -0.05) is 13.8 Å². The average molecular weight is 440 g/mol. The summed E-state index contributed by atoms with van der Waals surface area (Å²) in [6, 6.07) is 10.1. The predicted molar refractivity (Wildman–Crippen MR) is 123 cm³/mol. The highest BCUT2D eigenvalue weighted by Gasteiger charge is 2.37. The summed E-state index contributed by atoms with van der Waals surface area (Å²) < 4.78 is 16.6. The summed E-state index contributed by atoms with van der Waals surface area (Å²) in [4.78, 5) is 27.6. The molecular weight excluding hydrogens is 410 g/mol. The lowest BCUT2D eigenvalue weighted by molar-refractivity contribution is -0.127. The van der Waals surface area contributed by atoms with Gasteiger partial charge in [-0.3, -0.25) is 4.79 Å². The summed E-state index contributed by atoms with van der Waals surface area (Å²) in [5.74, 6) is 2.34. The van der Waals surface area contributed by atoms with Crippen LogP contribution in [-0.2, 0) is 4.79 Å². The van der Waals surface area contributed by atoms with Crippen LogP contribution in [0.1, 0.15) is 34.1 Å². The molecule has 0 unspecified atom stereocenters. The fourth-order valence-electron chi connectivity index (χ4n) is 3.60. The van der Waals surface area contributed by atoms with Gasteiger partial charge in [0.2, 0.25) is 12.7 Å². The van der Waals surface area contributed by atoms with E-state index in [1.54, 1.807) is 41.3 Å². The second kappa shape index (κ2) is 8.61. The zero-order valence-electron chi connectivity index (χ0n) is 18.9. The molecule has 0 aliphatic carbocycles. The van der Waals surface area contributed by atoms with Crippen LogP contribution in [0.25, 0.3) is 0 Å². The number of carbonyl (C=O) groups is 2. The molecule has 0 saturated carbocycles. The second-order valence-corrected chi connectivity index (χ2v) is 9.14. The Morgan fingerprint density at radius 1 is 1.00 bits per heavy atom. The number of rotatable bonds is 5. The zero-order valence-corrected chi connectivity index (χ0v) is 18.9. The number of anilines is 3. The number of urea groups is 1. The molecular formula is C24H29N3O5. The first-order chi connectivity index (χ1) is 15.2. The minimum absolute atomic E-state index is 0.0128. The molecule has 2 aliphatic heterocycles. The Balaban J connectivity index is 1.53. The molecule has 8 heteroatoms. The Morgan fingerprint density at radius 3 is 2.38 bits per heavy atom. The summed E-state index contributed by atoms with van der Waals surface area (Å²) in [6.07, 6.45) is 0.865. The normalized spacial score (nSPS) is 16.3. The van der Waals surface area contributed by atoms with E-state index in [4.69, 9.17) is 14.2 Å². The molecule has 2 heterocycles. The van der Waals surface area contributed by atoms with Crippen molar-refractivity contribution in [1.29, 1.82) is 0 Å². The largest absolute Gasteiger partial charge is 0.490 e. The molecule has 0 saturated heterocycles. The highest BCUT2D eigenvalue weighted by atomic mass is 16.7. The third-order valence-corrected chi connectivity index (χ3v) is 5.48. The molecule has 2 aliphatic rings. The van der Waals surface area contributed by atoms with Crippen molar-refractivity contribution in [2.24, 2.45) is 11.3 Å². The van der Waals surface area contributed by atoms with E-state index in [0.717, 1.165) is 6.42 Å². The van der Waals surface area contributed by atoms with Gasteiger partial charge in [0.1, 0.15) is 12.4 Å². The lowest BCUT2D eigenvalue weighted by atomic mass is 9.92. The van der Waals surface area contributed by atoms with E-state index in [2.05, 4.69) is 24.5 Å². The monoisotopic (exact) mass is 439 g/mol. The first kappa shape index (κ1) is 21.8. The Morgan fingerprint density at radius 2 is 1.66 bits per heavy atom. The van der Waals surface area contributed by atoms with E-state index in [-0.39, 0.29) is 12.7 Å². The SMILES string of the molecule is CC(C)CCN1C(=O)C(C)(C)COc2ccc(NC(=O)Nc3ccc4c(c3)OCO4)cc21. The molecule has 2 aromatic rings. The van der Waals surface area contributed by atoms with Crippen molar-refractivity contribution < 1.29 is 23.8 Å². The molecule has 32 heavy (non-hydrogen) atoms. The van der Waals surface area contributed by atoms with Gasteiger partial charge in [-0.05, 0) is 56.5 Å². The molecule has 8 nitrogen and oxygen atoms in total. The fraction of sp³-hybridized carbons (Fsp3) is 0.417. The van der Waals surface area contributed by atoms with Crippen molar-refractivity contribution >= 4 is 29.0 Å². The standard InChI is InChI=1S/C24H29N3O5/c1-15(2)9-10-27-18-11-16(5-7-19(18)30-13-24(3,4)22(27)28)25-23(29)26-17-6-8-20-21(12-17)32-14-31-20/h5-8,11-12,15H,9-10,13-14H2,1-4H3,(H2,25,26,29). The number of nitrogens with one attached hydrogen (secondary N) is 2. The maximum absolute atomic E-state index is 13.2. The highest BCUT2D eigenvalue weighted by molar-refractivity contribution is 6.02. The zero-order chi connectivity index (χ0) is 22.9. The van der Waals surface area contributed by atoms with Crippen LogP contribution in [0.15, 0.2) is 36.4 Å². The van der Waals surface area contributed by atoms with E-state index < -0.39 is 11.4 Å². The Kier molecular flexibility index (Phi) is 5.86. The molecule has 0 aromatic heterocycles.